The summed E-state index contributed by atoms with van der Waals surface area (Å²) in [6.07, 6.45) is 0.794. The maximum atomic E-state index is 11.7. The first-order valence-corrected chi connectivity index (χ1v) is 5.72. The van der Waals surface area contributed by atoms with E-state index >= 15 is 0 Å². The van der Waals surface area contributed by atoms with Crippen molar-refractivity contribution >= 4 is 29.3 Å². The molecular formula is C10H15ClN2O3. The molecule has 90 valence electrons. The van der Waals surface area contributed by atoms with Gasteiger partial charge in [0.1, 0.15) is 11.9 Å². The van der Waals surface area contributed by atoms with Gasteiger partial charge in [0.2, 0.25) is 11.8 Å². The van der Waals surface area contributed by atoms with Gasteiger partial charge in [-0.1, -0.05) is 6.92 Å². The zero-order chi connectivity index (χ0) is 12.3. The monoisotopic (exact) mass is 246 g/mol. The van der Waals surface area contributed by atoms with E-state index in [2.05, 4.69) is 0 Å². The van der Waals surface area contributed by atoms with Gasteiger partial charge in [-0.25, -0.2) is 0 Å². The molecule has 0 spiro atoms. The van der Waals surface area contributed by atoms with Crippen LogP contribution in [-0.4, -0.2) is 53.0 Å². The Bertz CT molecular complexity index is 319. The largest absolute Gasteiger partial charge is 0.329 e. The van der Waals surface area contributed by atoms with E-state index in [9.17, 15) is 14.4 Å². The topological polar surface area (TPSA) is 57.7 Å². The summed E-state index contributed by atoms with van der Waals surface area (Å²) in [6, 6.07) is -0.663. The number of likely N-dealkylation sites (tertiary alicyclic amines) is 1. The molecule has 3 amide bonds. The number of carbonyl (C=O) groups excluding carboxylic acids is 3. The third-order valence-corrected chi connectivity index (χ3v) is 2.86. The minimum Gasteiger partial charge on any atom is -0.329 e. The summed E-state index contributed by atoms with van der Waals surface area (Å²) in [4.78, 5) is 37.1. The van der Waals surface area contributed by atoms with Crippen LogP contribution in [0.1, 0.15) is 19.8 Å². The first-order chi connectivity index (χ1) is 7.52. The molecule has 0 saturated carbocycles. The highest BCUT2D eigenvalue weighted by atomic mass is 35.5. The Morgan fingerprint density at radius 2 is 2.19 bits per heavy atom. The Balaban J connectivity index is 2.84. The number of hydrogen-bond acceptors (Lipinski definition) is 3. The summed E-state index contributed by atoms with van der Waals surface area (Å²) in [5, 5.41) is 0. The lowest BCUT2D eigenvalue weighted by molar-refractivity contribution is -0.142. The smallest absolute Gasteiger partial charge is 0.252 e. The fourth-order valence-electron chi connectivity index (χ4n) is 1.75. The van der Waals surface area contributed by atoms with Crippen LogP contribution in [0.15, 0.2) is 0 Å². The molecule has 0 aromatic carbocycles. The van der Waals surface area contributed by atoms with Crippen molar-refractivity contribution in [2.75, 3.05) is 19.5 Å². The minimum absolute atomic E-state index is 0.0674. The molecule has 1 atom stereocenters. The molecule has 6 heteroatoms. The quantitative estimate of drug-likeness (QED) is 0.527. The number of alkyl halides is 1. The number of nitrogens with zero attached hydrogens (tertiary/aromatic N) is 2. The summed E-state index contributed by atoms with van der Waals surface area (Å²) < 4.78 is 0. The molecule has 1 unspecified atom stereocenters. The highest BCUT2D eigenvalue weighted by molar-refractivity contribution is 6.27. The minimum atomic E-state index is -0.663. The summed E-state index contributed by atoms with van der Waals surface area (Å²) in [5.41, 5.74) is 0. The lowest BCUT2D eigenvalue weighted by Gasteiger charge is -2.25. The third kappa shape index (κ3) is 2.35. The summed E-state index contributed by atoms with van der Waals surface area (Å²) >= 11 is 5.48. The number of halogens is 1. The Kier molecular flexibility index (Phi) is 4.29. The van der Waals surface area contributed by atoms with Gasteiger partial charge in [-0.15, -0.1) is 11.6 Å². The molecule has 1 rings (SSSR count). The molecule has 0 bridgehead atoms. The van der Waals surface area contributed by atoms with E-state index in [1.54, 1.807) is 0 Å². The number of likely N-dealkylation sites (N-methyl/N-ethyl adjacent to an activating group) is 1. The summed E-state index contributed by atoms with van der Waals surface area (Å²) in [6.45, 7) is 2.35. The van der Waals surface area contributed by atoms with Gasteiger partial charge in [-0.05, 0) is 6.42 Å². The number of imide groups is 1. The number of rotatable bonds is 4. The molecule has 1 saturated heterocycles. The van der Waals surface area contributed by atoms with Crippen molar-refractivity contribution < 1.29 is 14.4 Å². The Morgan fingerprint density at radius 1 is 1.56 bits per heavy atom. The van der Waals surface area contributed by atoms with Crippen LogP contribution in [0.25, 0.3) is 0 Å². The maximum Gasteiger partial charge on any atom is 0.252 e. The van der Waals surface area contributed by atoms with Crippen molar-refractivity contribution in [3.8, 4) is 0 Å². The van der Waals surface area contributed by atoms with E-state index in [1.165, 1.54) is 11.9 Å². The zero-order valence-electron chi connectivity index (χ0n) is 9.40. The van der Waals surface area contributed by atoms with Crippen molar-refractivity contribution in [3.05, 3.63) is 0 Å². The predicted octanol–water partition coefficient (Wildman–Crippen LogP) is 0.221. The molecule has 1 fully saturated rings. The van der Waals surface area contributed by atoms with E-state index in [-0.39, 0.29) is 30.0 Å². The van der Waals surface area contributed by atoms with E-state index in [1.807, 2.05) is 6.92 Å². The van der Waals surface area contributed by atoms with Crippen molar-refractivity contribution in [2.24, 2.45) is 0 Å². The fraction of sp³-hybridized carbons (Fsp3) is 0.700. The predicted molar refractivity (Wildman–Crippen MR) is 58.9 cm³/mol. The Hall–Kier alpha value is -1.10. The maximum absolute atomic E-state index is 11.7. The summed E-state index contributed by atoms with van der Waals surface area (Å²) in [7, 11) is 1.43. The van der Waals surface area contributed by atoms with Gasteiger partial charge in [-0.2, -0.15) is 0 Å². The van der Waals surface area contributed by atoms with E-state index < -0.39 is 6.04 Å². The molecule has 1 heterocycles. The van der Waals surface area contributed by atoms with E-state index in [4.69, 9.17) is 11.6 Å². The van der Waals surface area contributed by atoms with Gasteiger partial charge >= 0.3 is 0 Å². The van der Waals surface area contributed by atoms with Crippen LogP contribution in [0.3, 0.4) is 0 Å². The normalized spacial score (nSPS) is 20.4. The summed E-state index contributed by atoms with van der Waals surface area (Å²) in [5.74, 6) is -1.04. The van der Waals surface area contributed by atoms with Gasteiger partial charge in [0.05, 0.1) is 6.42 Å². The van der Waals surface area contributed by atoms with Gasteiger partial charge in [-0.3, -0.25) is 19.3 Å². The first-order valence-electron chi connectivity index (χ1n) is 5.18. The van der Waals surface area contributed by atoms with Gasteiger partial charge in [0, 0.05) is 13.6 Å². The van der Waals surface area contributed by atoms with Crippen molar-refractivity contribution in [3.63, 3.8) is 0 Å². The van der Waals surface area contributed by atoms with E-state index in [0.717, 1.165) is 11.3 Å². The standard InChI is InChI=1S/C10H15ClN2O3/c1-3-4-13(9(15)6-11)7-5-8(14)12(2)10(7)16/h7H,3-6H2,1-2H3. The molecule has 0 aromatic rings. The molecule has 1 aliphatic rings. The molecule has 0 aromatic heterocycles. The van der Waals surface area contributed by atoms with Gasteiger partial charge in [0.15, 0.2) is 0 Å². The van der Waals surface area contributed by atoms with E-state index in [0.29, 0.717) is 6.54 Å². The van der Waals surface area contributed by atoms with Crippen LogP contribution in [0.4, 0.5) is 0 Å². The molecule has 0 radical (unpaired) electrons. The SMILES string of the molecule is CCCN(C(=O)CCl)C1CC(=O)N(C)C1=O. The molecule has 1 aliphatic heterocycles. The lowest BCUT2D eigenvalue weighted by atomic mass is 10.2. The van der Waals surface area contributed by atoms with Crippen LogP contribution in [0.2, 0.25) is 0 Å². The van der Waals surface area contributed by atoms with Gasteiger partial charge < -0.3 is 4.90 Å². The van der Waals surface area contributed by atoms with Gasteiger partial charge in [0.25, 0.3) is 5.91 Å². The second-order valence-corrected chi connectivity index (χ2v) is 4.00. The number of hydrogen-bond donors (Lipinski definition) is 0. The van der Waals surface area contributed by atoms with Crippen LogP contribution < -0.4 is 0 Å². The molecule has 5 nitrogen and oxygen atoms in total. The van der Waals surface area contributed by atoms with Crippen molar-refractivity contribution in [1.82, 2.24) is 9.80 Å². The highest BCUT2D eigenvalue weighted by Crippen LogP contribution is 2.18. The van der Waals surface area contributed by atoms with Crippen molar-refractivity contribution in [2.45, 2.75) is 25.8 Å². The first kappa shape index (κ1) is 13.0. The number of carbonyl (C=O) groups is 3. The lowest BCUT2D eigenvalue weighted by Crippen LogP contribution is -2.45. The third-order valence-electron chi connectivity index (χ3n) is 2.63. The van der Waals surface area contributed by atoms with Crippen molar-refractivity contribution in [1.29, 1.82) is 0 Å². The van der Waals surface area contributed by atoms with Crippen LogP contribution in [0.5, 0.6) is 0 Å². The Labute approximate surface area is 99.3 Å². The average Bonchev–Trinajstić information content (AvgIpc) is 2.53. The fourth-order valence-corrected chi connectivity index (χ4v) is 1.91. The zero-order valence-corrected chi connectivity index (χ0v) is 10.2. The molecule has 0 N–H and O–H groups in total. The number of amides is 3. The molecular weight excluding hydrogens is 232 g/mol. The van der Waals surface area contributed by atoms with Crippen LogP contribution >= 0.6 is 11.6 Å². The molecule has 16 heavy (non-hydrogen) atoms. The highest BCUT2D eigenvalue weighted by Gasteiger charge is 2.41. The molecule has 0 aliphatic carbocycles. The second-order valence-electron chi connectivity index (χ2n) is 3.73. The second kappa shape index (κ2) is 5.30. The Morgan fingerprint density at radius 3 is 2.56 bits per heavy atom. The van der Waals surface area contributed by atoms with Crippen LogP contribution in [0, 0.1) is 0 Å². The van der Waals surface area contributed by atoms with Crippen LogP contribution in [-0.2, 0) is 14.4 Å². The average molecular weight is 247 g/mol.